The van der Waals surface area contributed by atoms with Crippen molar-refractivity contribution < 1.29 is 8.42 Å². The van der Waals surface area contributed by atoms with Crippen LogP contribution in [0.4, 0.5) is 5.69 Å². The molecular formula is C16H26N4O2S2. The number of hydrogen-bond donors (Lipinski definition) is 2. The van der Waals surface area contributed by atoms with Crippen LogP contribution in [0.2, 0.25) is 0 Å². The van der Waals surface area contributed by atoms with Gasteiger partial charge in [0.15, 0.2) is 5.11 Å². The van der Waals surface area contributed by atoms with Gasteiger partial charge in [0.25, 0.3) is 0 Å². The molecule has 2 rings (SSSR count). The Labute approximate surface area is 150 Å². The molecule has 6 nitrogen and oxygen atoms in total. The van der Waals surface area contributed by atoms with E-state index in [9.17, 15) is 8.42 Å². The number of benzene rings is 1. The SMILES string of the molecule is CN(C)S(=O)(=O)c1cccc(NC(=S)NCCCN2CCCC2)c1. The van der Waals surface area contributed by atoms with Gasteiger partial charge in [-0.3, -0.25) is 0 Å². The van der Waals surface area contributed by atoms with Gasteiger partial charge in [-0.15, -0.1) is 0 Å². The van der Waals surface area contributed by atoms with E-state index in [1.807, 2.05) is 0 Å². The fourth-order valence-corrected chi connectivity index (χ4v) is 3.80. The minimum Gasteiger partial charge on any atom is -0.362 e. The molecule has 24 heavy (non-hydrogen) atoms. The summed E-state index contributed by atoms with van der Waals surface area (Å²) in [5.41, 5.74) is 0.662. The van der Waals surface area contributed by atoms with Gasteiger partial charge in [-0.05, 0) is 69.3 Å². The summed E-state index contributed by atoms with van der Waals surface area (Å²) in [5.74, 6) is 0. The lowest BCUT2D eigenvalue weighted by Crippen LogP contribution is -2.31. The minimum atomic E-state index is -3.44. The number of anilines is 1. The van der Waals surface area contributed by atoms with Crippen molar-refractivity contribution in [1.82, 2.24) is 14.5 Å². The van der Waals surface area contributed by atoms with Gasteiger partial charge in [-0.25, -0.2) is 12.7 Å². The minimum absolute atomic E-state index is 0.245. The lowest BCUT2D eigenvalue weighted by molar-refractivity contribution is 0.334. The van der Waals surface area contributed by atoms with Gasteiger partial charge in [0.1, 0.15) is 0 Å². The first kappa shape index (κ1) is 19.1. The summed E-state index contributed by atoms with van der Waals surface area (Å²) in [6, 6.07) is 6.67. The molecule has 134 valence electrons. The quantitative estimate of drug-likeness (QED) is 0.563. The third kappa shape index (κ3) is 5.41. The zero-order valence-electron chi connectivity index (χ0n) is 14.3. The Morgan fingerprint density at radius 2 is 2.00 bits per heavy atom. The molecule has 0 aliphatic carbocycles. The topological polar surface area (TPSA) is 64.7 Å². The van der Waals surface area contributed by atoms with Gasteiger partial charge in [-0.1, -0.05) is 6.07 Å². The zero-order valence-corrected chi connectivity index (χ0v) is 15.9. The first-order valence-electron chi connectivity index (χ1n) is 8.19. The molecule has 1 aromatic carbocycles. The van der Waals surface area contributed by atoms with Crippen molar-refractivity contribution in [1.29, 1.82) is 0 Å². The highest BCUT2D eigenvalue weighted by molar-refractivity contribution is 7.89. The fraction of sp³-hybridized carbons (Fsp3) is 0.562. The van der Waals surface area contributed by atoms with Crippen LogP contribution < -0.4 is 10.6 Å². The Morgan fingerprint density at radius 3 is 2.67 bits per heavy atom. The highest BCUT2D eigenvalue weighted by Gasteiger charge is 2.17. The maximum atomic E-state index is 12.2. The van der Waals surface area contributed by atoms with Crippen LogP contribution in [0.15, 0.2) is 29.2 Å². The Kier molecular flexibility index (Phi) is 6.97. The van der Waals surface area contributed by atoms with Gasteiger partial charge in [0.05, 0.1) is 4.90 Å². The molecule has 0 amide bonds. The maximum Gasteiger partial charge on any atom is 0.242 e. The Bertz CT molecular complexity index is 656. The number of sulfonamides is 1. The second-order valence-electron chi connectivity index (χ2n) is 6.10. The zero-order chi connectivity index (χ0) is 17.6. The van der Waals surface area contributed by atoms with Crippen molar-refractivity contribution in [3.8, 4) is 0 Å². The van der Waals surface area contributed by atoms with Crippen molar-refractivity contribution in [2.75, 3.05) is 45.6 Å². The van der Waals surface area contributed by atoms with Gasteiger partial charge < -0.3 is 15.5 Å². The summed E-state index contributed by atoms with van der Waals surface area (Å²) in [4.78, 5) is 2.71. The van der Waals surface area contributed by atoms with Gasteiger partial charge >= 0.3 is 0 Å². The Morgan fingerprint density at radius 1 is 1.29 bits per heavy atom. The van der Waals surface area contributed by atoms with Crippen LogP contribution in [0.5, 0.6) is 0 Å². The molecular weight excluding hydrogens is 344 g/mol. The number of thiocarbonyl (C=S) groups is 1. The number of nitrogens with zero attached hydrogens (tertiary/aromatic N) is 2. The molecule has 2 N–H and O–H groups in total. The summed E-state index contributed by atoms with van der Waals surface area (Å²) in [7, 11) is -0.410. The van der Waals surface area contributed by atoms with Crippen LogP contribution in [0.3, 0.4) is 0 Å². The summed E-state index contributed by atoms with van der Waals surface area (Å²) >= 11 is 5.28. The number of rotatable bonds is 7. The third-order valence-corrected chi connectivity index (χ3v) is 6.06. The molecule has 0 atom stereocenters. The second kappa shape index (κ2) is 8.75. The molecule has 0 radical (unpaired) electrons. The van der Waals surface area contributed by atoms with Gasteiger partial charge in [-0.2, -0.15) is 0 Å². The number of nitrogens with one attached hydrogen (secondary N) is 2. The lowest BCUT2D eigenvalue weighted by Gasteiger charge is -2.16. The van der Waals surface area contributed by atoms with E-state index in [-0.39, 0.29) is 4.90 Å². The molecule has 0 aromatic heterocycles. The van der Waals surface area contributed by atoms with Crippen LogP contribution in [-0.4, -0.2) is 63.0 Å². The van der Waals surface area contributed by atoms with E-state index in [0.717, 1.165) is 19.5 Å². The normalized spacial score (nSPS) is 15.6. The number of likely N-dealkylation sites (tertiary alicyclic amines) is 1. The van der Waals surface area contributed by atoms with E-state index in [0.29, 0.717) is 10.8 Å². The molecule has 0 saturated carbocycles. The fourth-order valence-electron chi connectivity index (χ4n) is 2.63. The van der Waals surface area contributed by atoms with E-state index < -0.39 is 10.0 Å². The van der Waals surface area contributed by atoms with Crippen molar-refractivity contribution in [3.05, 3.63) is 24.3 Å². The van der Waals surface area contributed by atoms with E-state index >= 15 is 0 Å². The van der Waals surface area contributed by atoms with Crippen LogP contribution in [-0.2, 0) is 10.0 Å². The maximum absolute atomic E-state index is 12.2. The molecule has 0 unspecified atom stereocenters. The van der Waals surface area contributed by atoms with E-state index in [1.165, 1.54) is 44.3 Å². The van der Waals surface area contributed by atoms with Gasteiger partial charge in [0.2, 0.25) is 10.0 Å². The van der Waals surface area contributed by atoms with Crippen LogP contribution in [0.25, 0.3) is 0 Å². The molecule has 8 heteroatoms. The Hall–Kier alpha value is -1.22. The summed E-state index contributed by atoms with van der Waals surface area (Å²) in [6.45, 7) is 4.30. The molecule has 1 heterocycles. The highest BCUT2D eigenvalue weighted by Crippen LogP contribution is 2.17. The van der Waals surface area contributed by atoms with E-state index in [2.05, 4.69) is 15.5 Å². The third-order valence-electron chi connectivity index (χ3n) is 4.01. The monoisotopic (exact) mass is 370 g/mol. The van der Waals surface area contributed by atoms with Crippen molar-refractivity contribution >= 4 is 33.0 Å². The average Bonchev–Trinajstić information content (AvgIpc) is 3.05. The van der Waals surface area contributed by atoms with Crippen molar-refractivity contribution in [2.45, 2.75) is 24.2 Å². The summed E-state index contributed by atoms with van der Waals surface area (Å²) < 4.78 is 25.5. The van der Waals surface area contributed by atoms with Crippen molar-refractivity contribution in [3.63, 3.8) is 0 Å². The predicted octanol–water partition coefficient (Wildman–Crippen LogP) is 1.71. The molecule has 1 fully saturated rings. The van der Waals surface area contributed by atoms with Gasteiger partial charge in [0, 0.05) is 26.3 Å². The average molecular weight is 371 g/mol. The second-order valence-corrected chi connectivity index (χ2v) is 8.66. The van der Waals surface area contributed by atoms with Crippen molar-refractivity contribution in [2.24, 2.45) is 0 Å². The van der Waals surface area contributed by atoms with Crippen LogP contribution >= 0.6 is 12.2 Å². The smallest absolute Gasteiger partial charge is 0.242 e. The standard InChI is InChI=1S/C16H26N4O2S2/c1-19(2)24(21,22)15-8-5-7-14(13-15)18-16(23)17-9-6-12-20-10-3-4-11-20/h5,7-8,13H,3-4,6,9-12H2,1-2H3,(H2,17,18,23). The predicted molar refractivity (Wildman–Crippen MR) is 102 cm³/mol. The highest BCUT2D eigenvalue weighted by atomic mass is 32.2. The molecule has 1 aliphatic heterocycles. The van der Waals surface area contributed by atoms with Crippen LogP contribution in [0, 0.1) is 0 Å². The lowest BCUT2D eigenvalue weighted by atomic mass is 10.3. The molecule has 1 aromatic rings. The largest absolute Gasteiger partial charge is 0.362 e. The Balaban J connectivity index is 1.81. The van der Waals surface area contributed by atoms with E-state index in [4.69, 9.17) is 12.2 Å². The molecule has 1 aliphatic rings. The molecule has 1 saturated heterocycles. The number of hydrogen-bond acceptors (Lipinski definition) is 4. The van der Waals surface area contributed by atoms with Crippen LogP contribution in [0.1, 0.15) is 19.3 Å². The van der Waals surface area contributed by atoms with E-state index in [1.54, 1.807) is 24.3 Å². The first-order valence-corrected chi connectivity index (χ1v) is 10.0. The molecule has 0 bridgehead atoms. The summed E-state index contributed by atoms with van der Waals surface area (Å²) in [5, 5.41) is 6.73. The summed E-state index contributed by atoms with van der Waals surface area (Å²) in [6.07, 6.45) is 3.65. The molecule has 0 spiro atoms. The first-order chi connectivity index (χ1) is 11.4.